The first-order valence-electron chi connectivity index (χ1n) is 14.9. The van der Waals surface area contributed by atoms with Crippen molar-refractivity contribution < 1.29 is 39.2 Å². The number of amides is 1. The number of ketones is 2. The van der Waals surface area contributed by atoms with Crippen molar-refractivity contribution in [3.63, 3.8) is 0 Å². The minimum atomic E-state index is -2.72. The van der Waals surface area contributed by atoms with E-state index in [9.17, 15) is 34.8 Å². The van der Waals surface area contributed by atoms with E-state index in [0.717, 1.165) is 13.0 Å². The van der Waals surface area contributed by atoms with Crippen molar-refractivity contribution >= 4 is 23.2 Å². The molecular formula is C31H38FN3O7. The van der Waals surface area contributed by atoms with E-state index in [0.29, 0.717) is 43.5 Å². The quantitative estimate of drug-likeness (QED) is 0.316. The van der Waals surface area contributed by atoms with Crippen molar-refractivity contribution in [3.8, 4) is 5.75 Å². The minimum absolute atomic E-state index is 0.0452. The van der Waals surface area contributed by atoms with Gasteiger partial charge in [0.15, 0.2) is 11.4 Å². The van der Waals surface area contributed by atoms with Crippen LogP contribution in [-0.2, 0) is 27.2 Å². The molecule has 0 bridgehead atoms. The Balaban J connectivity index is 1.54. The van der Waals surface area contributed by atoms with E-state index in [1.807, 2.05) is 20.9 Å². The lowest BCUT2D eigenvalue weighted by Crippen LogP contribution is -2.66. The van der Waals surface area contributed by atoms with Gasteiger partial charge in [0.25, 0.3) is 5.91 Å². The third kappa shape index (κ3) is 3.62. The Labute approximate surface area is 243 Å². The number of benzene rings is 1. The third-order valence-electron chi connectivity index (χ3n) is 10.4. The number of aromatic hydroxyl groups is 1. The smallest absolute Gasteiger partial charge is 0.255 e. The molecule has 1 aliphatic heterocycles. The Bertz CT molecular complexity index is 1480. The average molecular weight is 584 g/mol. The number of phenolic OH excluding ortho intramolecular Hbond substituents is 1. The first kappa shape index (κ1) is 28.8. The molecule has 226 valence electrons. The normalized spacial score (nSPS) is 32.2. The summed E-state index contributed by atoms with van der Waals surface area (Å²) in [4.78, 5) is 44.2. The molecule has 6 N–H and O–H groups in total. The number of likely N-dealkylation sites (tertiary alicyclic amines) is 1. The van der Waals surface area contributed by atoms with Crippen LogP contribution in [0.5, 0.6) is 5.75 Å². The molecule has 1 aromatic rings. The maximum Gasteiger partial charge on any atom is 0.255 e. The largest absolute Gasteiger partial charge is 0.508 e. The summed E-state index contributed by atoms with van der Waals surface area (Å²) < 4.78 is 16.4. The van der Waals surface area contributed by atoms with Gasteiger partial charge in [0.05, 0.1) is 11.6 Å². The number of halogens is 1. The molecule has 6 rings (SSSR count). The second-order valence-electron chi connectivity index (χ2n) is 12.6. The molecule has 1 saturated carbocycles. The first-order chi connectivity index (χ1) is 19.9. The predicted octanol–water partition coefficient (Wildman–Crippen LogP) is 2.21. The van der Waals surface area contributed by atoms with Crippen molar-refractivity contribution in [3.05, 3.63) is 45.0 Å². The average Bonchev–Trinajstić information content (AvgIpc) is 3.49. The second-order valence-corrected chi connectivity index (χ2v) is 12.6. The molecule has 0 radical (unpaired) electrons. The zero-order chi connectivity index (χ0) is 30.4. The van der Waals surface area contributed by atoms with Crippen LogP contribution >= 0.6 is 0 Å². The highest BCUT2D eigenvalue weighted by Gasteiger charge is 2.64. The highest BCUT2D eigenvalue weighted by molar-refractivity contribution is 6.24. The highest BCUT2D eigenvalue weighted by Crippen LogP contribution is 2.57. The van der Waals surface area contributed by atoms with Gasteiger partial charge in [-0.15, -0.1) is 0 Å². The number of nitrogens with zero attached hydrogens (tertiary/aromatic N) is 2. The van der Waals surface area contributed by atoms with Crippen molar-refractivity contribution in [2.75, 3.05) is 26.7 Å². The Kier molecular flexibility index (Phi) is 6.79. The molecule has 11 heteroatoms. The van der Waals surface area contributed by atoms with Gasteiger partial charge in [0.1, 0.15) is 28.7 Å². The van der Waals surface area contributed by atoms with Gasteiger partial charge in [0, 0.05) is 34.2 Å². The lowest BCUT2D eigenvalue weighted by Gasteiger charge is -2.51. The number of fused-ring (bicyclic) bond motifs is 6. The number of carbonyl (C=O) groups is 3. The van der Waals surface area contributed by atoms with E-state index >= 15 is 4.39 Å². The van der Waals surface area contributed by atoms with Gasteiger partial charge >= 0.3 is 0 Å². The summed E-state index contributed by atoms with van der Waals surface area (Å²) in [7, 11) is 1.92. The highest BCUT2D eigenvalue weighted by atomic mass is 19.1. The molecule has 1 amide bonds. The SMILES string of the molecule is CCCN(CCC)[C@@H]1C(=O)C(C(N)=O)=C(O)[C@@]2(O)C(=O)C3=C(O)c4c(O)c5c(c(F)c4C[C@H]3C[C@@H]12)C1C(CCN1C)C5. The predicted molar refractivity (Wildman–Crippen MR) is 150 cm³/mol. The van der Waals surface area contributed by atoms with Crippen LogP contribution in [0, 0.1) is 23.6 Å². The fourth-order valence-corrected chi connectivity index (χ4v) is 8.67. The molecule has 2 unspecified atom stereocenters. The van der Waals surface area contributed by atoms with Crippen LogP contribution in [0.3, 0.4) is 0 Å². The number of primary amides is 1. The number of carbonyl (C=O) groups excluding carboxylic acids is 3. The number of nitrogens with two attached hydrogens (primary N) is 1. The summed E-state index contributed by atoms with van der Waals surface area (Å²) in [6.07, 6.45) is 2.46. The second kappa shape index (κ2) is 9.89. The summed E-state index contributed by atoms with van der Waals surface area (Å²) in [6, 6.07) is -1.33. The molecule has 4 aliphatic carbocycles. The zero-order valence-corrected chi connectivity index (χ0v) is 24.1. The van der Waals surface area contributed by atoms with Crippen LogP contribution in [0.4, 0.5) is 4.39 Å². The van der Waals surface area contributed by atoms with Crippen molar-refractivity contribution in [2.24, 2.45) is 23.5 Å². The van der Waals surface area contributed by atoms with Crippen LogP contribution in [-0.4, -0.2) is 86.0 Å². The summed E-state index contributed by atoms with van der Waals surface area (Å²) in [6.45, 7) is 5.47. The van der Waals surface area contributed by atoms with Crippen molar-refractivity contribution in [2.45, 2.75) is 70.1 Å². The summed E-state index contributed by atoms with van der Waals surface area (Å²) in [5.41, 5.74) is 2.46. The number of Topliss-reactive ketones (excluding diaryl/α,β-unsaturated/α-hetero) is 2. The van der Waals surface area contributed by atoms with E-state index in [4.69, 9.17) is 5.73 Å². The summed E-state index contributed by atoms with van der Waals surface area (Å²) in [5, 5.41) is 46.1. The van der Waals surface area contributed by atoms with Gasteiger partial charge in [-0.25, -0.2) is 4.39 Å². The van der Waals surface area contributed by atoms with Gasteiger partial charge in [-0.1, -0.05) is 13.8 Å². The lowest BCUT2D eigenvalue weighted by atomic mass is 9.57. The van der Waals surface area contributed by atoms with Gasteiger partial charge in [0.2, 0.25) is 5.78 Å². The number of aliphatic hydroxyl groups excluding tert-OH is 2. The Hall–Kier alpha value is -3.28. The fourth-order valence-electron chi connectivity index (χ4n) is 8.67. The van der Waals surface area contributed by atoms with Gasteiger partial charge < -0.3 is 26.2 Å². The van der Waals surface area contributed by atoms with E-state index < -0.39 is 63.9 Å². The molecule has 0 aromatic heterocycles. The number of aliphatic hydroxyl groups is 3. The zero-order valence-electron chi connectivity index (χ0n) is 24.1. The molecular weight excluding hydrogens is 545 g/mol. The molecule has 0 spiro atoms. The lowest BCUT2D eigenvalue weighted by molar-refractivity contribution is -0.155. The standard InChI is InChI=1S/C31H38FN3O7/c1-4-7-35(8-5-2)24-17-12-14-11-15-20(25(36)16-10-13-6-9-34(3)23(13)19(16)22(15)32)26(37)18(14)28(39)31(17,42)29(40)21(27(24)38)30(33)41/h13-14,17,23-24,36-37,40,42H,4-12H2,1-3H3,(H2,33,41)/t13?,14-,17-,23?,24-,31-/m0/s1. The van der Waals surface area contributed by atoms with E-state index in [1.54, 1.807) is 4.90 Å². The van der Waals surface area contributed by atoms with Gasteiger partial charge in [-0.3, -0.25) is 24.2 Å². The molecule has 6 atom stereocenters. The third-order valence-corrected chi connectivity index (χ3v) is 10.4. The van der Waals surface area contributed by atoms with E-state index in [1.165, 1.54) is 0 Å². The van der Waals surface area contributed by atoms with E-state index in [-0.39, 0.29) is 47.3 Å². The first-order valence-corrected chi connectivity index (χ1v) is 14.9. The monoisotopic (exact) mass is 583 g/mol. The van der Waals surface area contributed by atoms with E-state index in [2.05, 4.69) is 4.90 Å². The number of rotatable bonds is 6. The molecule has 5 aliphatic rings. The molecule has 1 heterocycles. The molecule has 42 heavy (non-hydrogen) atoms. The Morgan fingerprint density at radius 2 is 1.79 bits per heavy atom. The van der Waals surface area contributed by atoms with Gasteiger partial charge in [-0.05, 0) is 77.0 Å². The molecule has 1 aromatic carbocycles. The Morgan fingerprint density at radius 1 is 1.12 bits per heavy atom. The van der Waals surface area contributed by atoms with Gasteiger partial charge in [-0.2, -0.15) is 0 Å². The number of phenols is 1. The number of hydrogen-bond acceptors (Lipinski definition) is 9. The minimum Gasteiger partial charge on any atom is -0.508 e. The van der Waals surface area contributed by atoms with Crippen LogP contribution in [0.15, 0.2) is 16.9 Å². The van der Waals surface area contributed by atoms with Crippen LogP contribution in [0.2, 0.25) is 0 Å². The van der Waals surface area contributed by atoms with Crippen molar-refractivity contribution in [1.82, 2.24) is 9.80 Å². The van der Waals surface area contributed by atoms with Crippen molar-refractivity contribution in [1.29, 1.82) is 0 Å². The Morgan fingerprint density at radius 3 is 2.40 bits per heavy atom. The molecule has 2 fully saturated rings. The molecule has 1 saturated heterocycles. The fraction of sp³-hybridized carbons (Fsp3) is 0.581. The molecule has 10 nitrogen and oxygen atoms in total. The topological polar surface area (TPSA) is 165 Å². The number of hydrogen-bond donors (Lipinski definition) is 5. The maximum absolute atomic E-state index is 16.4. The van der Waals surface area contributed by atoms with Crippen LogP contribution in [0.1, 0.15) is 67.8 Å². The summed E-state index contributed by atoms with van der Waals surface area (Å²) >= 11 is 0. The summed E-state index contributed by atoms with van der Waals surface area (Å²) in [5.74, 6) is -7.53. The van der Waals surface area contributed by atoms with Crippen LogP contribution in [0.25, 0.3) is 5.76 Å². The van der Waals surface area contributed by atoms with Crippen LogP contribution < -0.4 is 5.73 Å². The maximum atomic E-state index is 16.4.